The van der Waals surface area contributed by atoms with Gasteiger partial charge in [0, 0.05) is 44.6 Å². The Labute approximate surface area is 114 Å². The molecule has 0 radical (unpaired) electrons. The molecule has 0 spiro atoms. The van der Waals surface area contributed by atoms with E-state index in [9.17, 15) is 0 Å². The summed E-state index contributed by atoms with van der Waals surface area (Å²) < 4.78 is 2.08. The van der Waals surface area contributed by atoms with Gasteiger partial charge in [-0.25, -0.2) is 4.98 Å². The molecule has 0 amide bonds. The molecule has 2 rings (SSSR count). The van der Waals surface area contributed by atoms with E-state index in [0.717, 1.165) is 38.3 Å². The largest absolute Gasteiger partial charge is 0.371 e. The number of rotatable bonds is 7. The molecule has 1 aromatic heterocycles. The first-order chi connectivity index (χ1) is 9.31. The number of hydrogen-bond donors (Lipinski definition) is 1. The maximum absolute atomic E-state index is 5.63. The lowest BCUT2D eigenvalue weighted by molar-refractivity contribution is 0.697. The van der Waals surface area contributed by atoms with Gasteiger partial charge < -0.3 is 15.2 Å². The zero-order valence-corrected chi connectivity index (χ0v) is 11.5. The van der Waals surface area contributed by atoms with E-state index in [1.54, 1.807) is 0 Å². The molecule has 0 unspecified atom stereocenters. The maximum atomic E-state index is 5.63. The standard InChI is InChI=1S/C15H22N4/c1-18-13-10-17-15(18)8-12-19(11-5-9-16)14-6-3-2-4-7-14/h2-4,6-7,10,13H,5,8-9,11-12,16H2,1H3. The van der Waals surface area contributed by atoms with E-state index < -0.39 is 0 Å². The molecule has 0 aliphatic rings. The summed E-state index contributed by atoms with van der Waals surface area (Å²) in [5, 5.41) is 0. The second-order valence-electron chi connectivity index (χ2n) is 4.67. The summed E-state index contributed by atoms with van der Waals surface area (Å²) in [5.41, 5.74) is 6.88. The number of para-hydroxylation sites is 1. The van der Waals surface area contributed by atoms with Crippen LogP contribution >= 0.6 is 0 Å². The number of aromatic nitrogens is 2. The fourth-order valence-electron chi connectivity index (χ4n) is 2.16. The zero-order valence-electron chi connectivity index (χ0n) is 11.5. The van der Waals surface area contributed by atoms with Gasteiger partial charge in [-0.15, -0.1) is 0 Å². The lowest BCUT2D eigenvalue weighted by Gasteiger charge is -2.24. The molecule has 0 bridgehead atoms. The van der Waals surface area contributed by atoms with E-state index >= 15 is 0 Å². The predicted molar refractivity (Wildman–Crippen MR) is 79.2 cm³/mol. The van der Waals surface area contributed by atoms with Crippen LogP contribution in [0.5, 0.6) is 0 Å². The van der Waals surface area contributed by atoms with E-state index in [0.29, 0.717) is 0 Å². The van der Waals surface area contributed by atoms with E-state index in [-0.39, 0.29) is 0 Å². The Bertz CT molecular complexity index is 478. The fraction of sp³-hybridized carbons (Fsp3) is 0.400. The second-order valence-corrected chi connectivity index (χ2v) is 4.67. The van der Waals surface area contributed by atoms with E-state index in [1.165, 1.54) is 5.69 Å². The normalized spacial score (nSPS) is 10.6. The highest BCUT2D eigenvalue weighted by Crippen LogP contribution is 2.14. The van der Waals surface area contributed by atoms with Crippen molar-refractivity contribution in [1.29, 1.82) is 0 Å². The van der Waals surface area contributed by atoms with Gasteiger partial charge in [0.2, 0.25) is 0 Å². The van der Waals surface area contributed by atoms with Gasteiger partial charge in [-0.05, 0) is 25.1 Å². The Morgan fingerprint density at radius 1 is 1.21 bits per heavy atom. The molecule has 19 heavy (non-hydrogen) atoms. The highest BCUT2D eigenvalue weighted by Gasteiger charge is 2.07. The van der Waals surface area contributed by atoms with Gasteiger partial charge in [-0.2, -0.15) is 0 Å². The molecule has 0 saturated heterocycles. The Morgan fingerprint density at radius 2 is 2.00 bits per heavy atom. The molecule has 0 saturated carbocycles. The maximum Gasteiger partial charge on any atom is 0.110 e. The summed E-state index contributed by atoms with van der Waals surface area (Å²) in [4.78, 5) is 6.75. The van der Waals surface area contributed by atoms with Crippen LogP contribution in [0.3, 0.4) is 0 Å². The Balaban J connectivity index is 2.00. The molecule has 0 fully saturated rings. The number of benzene rings is 1. The van der Waals surface area contributed by atoms with Crippen molar-refractivity contribution in [2.24, 2.45) is 12.8 Å². The zero-order chi connectivity index (χ0) is 13.5. The van der Waals surface area contributed by atoms with Gasteiger partial charge in [-0.1, -0.05) is 18.2 Å². The smallest absolute Gasteiger partial charge is 0.110 e. The third kappa shape index (κ3) is 3.83. The summed E-state index contributed by atoms with van der Waals surface area (Å²) >= 11 is 0. The minimum absolute atomic E-state index is 0.728. The predicted octanol–water partition coefficient (Wildman–Crippen LogP) is 1.82. The van der Waals surface area contributed by atoms with Crippen molar-refractivity contribution in [3.63, 3.8) is 0 Å². The van der Waals surface area contributed by atoms with Crippen molar-refractivity contribution in [3.05, 3.63) is 48.5 Å². The van der Waals surface area contributed by atoms with Crippen LogP contribution in [0.4, 0.5) is 5.69 Å². The van der Waals surface area contributed by atoms with E-state index in [1.807, 2.05) is 25.5 Å². The van der Waals surface area contributed by atoms with Gasteiger partial charge in [-0.3, -0.25) is 0 Å². The first kappa shape index (κ1) is 13.6. The first-order valence-electron chi connectivity index (χ1n) is 6.77. The fourth-order valence-corrected chi connectivity index (χ4v) is 2.16. The van der Waals surface area contributed by atoms with Gasteiger partial charge in [0.15, 0.2) is 0 Å². The summed E-state index contributed by atoms with van der Waals surface area (Å²) in [5.74, 6) is 1.12. The molecule has 2 N–H and O–H groups in total. The number of aryl methyl sites for hydroxylation is 1. The molecule has 102 valence electrons. The quantitative estimate of drug-likeness (QED) is 0.824. The third-order valence-electron chi connectivity index (χ3n) is 3.28. The number of anilines is 1. The number of imidazole rings is 1. The molecular formula is C15H22N4. The summed E-state index contributed by atoms with van der Waals surface area (Å²) in [6.45, 7) is 2.69. The van der Waals surface area contributed by atoms with Crippen LogP contribution < -0.4 is 10.6 Å². The van der Waals surface area contributed by atoms with Crippen LogP contribution in [-0.4, -0.2) is 29.2 Å². The van der Waals surface area contributed by atoms with Crippen LogP contribution in [0.25, 0.3) is 0 Å². The molecule has 1 heterocycles. The summed E-state index contributed by atoms with van der Waals surface area (Å²) in [6.07, 6.45) is 5.79. The molecule has 2 aromatic rings. The highest BCUT2D eigenvalue weighted by molar-refractivity contribution is 5.45. The van der Waals surface area contributed by atoms with Gasteiger partial charge in [0.05, 0.1) is 0 Å². The third-order valence-corrected chi connectivity index (χ3v) is 3.28. The Hall–Kier alpha value is -1.81. The van der Waals surface area contributed by atoms with Crippen molar-refractivity contribution in [1.82, 2.24) is 9.55 Å². The monoisotopic (exact) mass is 258 g/mol. The van der Waals surface area contributed by atoms with Crippen LogP contribution in [-0.2, 0) is 13.5 Å². The van der Waals surface area contributed by atoms with Crippen LogP contribution in [0.15, 0.2) is 42.7 Å². The van der Waals surface area contributed by atoms with Crippen LogP contribution in [0.1, 0.15) is 12.2 Å². The molecule has 4 heteroatoms. The lowest BCUT2D eigenvalue weighted by Crippen LogP contribution is -2.28. The van der Waals surface area contributed by atoms with Crippen molar-refractivity contribution < 1.29 is 0 Å². The first-order valence-corrected chi connectivity index (χ1v) is 6.77. The minimum Gasteiger partial charge on any atom is -0.371 e. The van der Waals surface area contributed by atoms with Crippen molar-refractivity contribution in [3.8, 4) is 0 Å². The Kier molecular flexibility index (Phi) is 4.98. The number of nitrogens with zero attached hydrogens (tertiary/aromatic N) is 3. The van der Waals surface area contributed by atoms with Crippen molar-refractivity contribution >= 4 is 5.69 Å². The van der Waals surface area contributed by atoms with E-state index in [2.05, 4.69) is 38.7 Å². The molecule has 4 nitrogen and oxygen atoms in total. The average Bonchev–Trinajstić information content (AvgIpc) is 2.85. The summed E-state index contributed by atoms with van der Waals surface area (Å²) in [7, 11) is 2.04. The highest BCUT2D eigenvalue weighted by atomic mass is 15.1. The molecule has 1 aromatic carbocycles. The lowest BCUT2D eigenvalue weighted by atomic mass is 10.2. The average molecular weight is 258 g/mol. The number of hydrogen-bond acceptors (Lipinski definition) is 3. The van der Waals surface area contributed by atoms with Gasteiger partial charge in [0.1, 0.15) is 5.82 Å². The topological polar surface area (TPSA) is 47.1 Å². The van der Waals surface area contributed by atoms with E-state index in [4.69, 9.17) is 5.73 Å². The van der Waals surface area contributed by atoms with Crippen molar-refractivity contribution in [2.75, 3.05) is 24.5 Å². The minimum atomic E-state index is 0.728. The molecule has 0 aliphatic carbocycles. The SMILES string of the molecule is Cn1ccnc1CCN(CCCN)c1ccccc1. The number of nitrogens with two attached hydrogens (primary N) is 1. The van der Waals surface area contributed by atoms with Gasteiger partial charge >= 0.3 is 0 Å². The molecular weight excluding hydrogens is 236 g/mol. The van der Waals surface area contributed by atoms with Crippen LogP contribution in [0.2, 0.25) is 0 Å². The second kappa shape index (κ2) is 6.95. The van der Waals surface area contributed by atoms with Gasteiger partial charge in [0.25, 0.3) is 0 Å². The van der Waals surface area contributed by atoms with Crippen LogP contribution in [0, 0.1) is 0 Å². The Morgan fingerprint density at radius 3 is 2.63 bits per heavy atom. The molecule has 0 aliphatic heterocycles. The van der Waals surface area contributed by atoms with Crippen molar-refractivity contribution in [2.45, 2.75) is 12.8 Å². The summed E-state index contributed by atoms with van der Waals surface area (Å²) in [6, 6.07) is 10.5. The molecule has 0 atom stereocenters.